The van der Waals surface area contributed by atoms with E-state index in [-0.39, 0.29) is 5.75 Å². The first-order chi connectivity index (χ1) is 10.2. The normalized spacial score (nSPS) is 10.5. The highest BCUT2D eigenvalue weighted by Gasteiger charge is 2.04. The maximum Gasteiger partial charge on any atom is 0.247 e. The van der Waals surface area contributed by atoms with Gasteiger partial charge < -0.3 is 14.8 Å². The average Bonchev–Trinajstić information content (AvgIpc) is 3.03. The molecule has 0 unspecified atom stereocenters. The van der Waals surface area contributed by atoms with Crippen molar-refractivity contribution in [2.24, 2.45) is 0 Å². The van der Waals surface area contributed by atoms with Gasteiger partial charge in [0.25, 0.3) is 0 Å². The minimum absolute atomic E-state index is 0.233. The smallest absolute Gasteiger partial charge is 0.247 e. The summed E-state index contributed by atoms with van der Waals surface area (Å²) in [6.45, 7) is 0.645. The van der Waals surface area contributed by atoms with Crippen LogP contribution < -0.4 is 5.32 Å². The first kappa shape index (κ1) is 13.6. The van der Waals surface area contributed by atoms with Crippen LogP contribution in [0.1, 0.15) is 5.56 Å². The third-order valence-electron chi connectivity index (χ3n) is 2.98. The van der Waals surface area contributed by atoms with E-state index in [2.05, 4.69) is 31.4 Å². The fourth-order valence-electron chi connectivity index (χ4n) is 1.93. The highest BCUT2D eigenvalue weighted by Crippen LogP contribution is 2.25. The summed E-state index contributed by atoms with van der Waals surface area (Å²) in [5.41, 5.74) is 2.88. The number of benzene rings is 2. The molecule has 3 rings (SSSR count). The lowest BCUT2D eigenvalue weighted by Gasteiger charge is -2.08. The van der Waals surface area contributed by atoms with Gasteiger partial charge in [-0.3, -0.25) is 0 Å². The molecule has 0 saturated carbocycles. The van der Waals surface area contributed by atoms with Crippen LogP contribution >= 0.6 is 15.9 Å². The monoisotopic (exact) mass is 345 g/mol. The van der Waals surface area contributed by atoms with E-state index in [0.29, 0.717) is 16.9 Å². The highest BCUT2D eigenvalue weighted by molar-refractivity contribution is 9.10. The zero-order valence-corrected chi connectivity index (χ0v) is 12.5. The summed E-state index contributed by atoms with van der Waals surface area (Å²) in [5, 5.41) is 20.4. The molecule has 0 aliphatic heterocycles. The zero-order valence-electron chi connectivity index (χ0n) is 11.0. The standard InChI is InChI=1S/C15H12BrN3O2/c16-13-6-10(4-5-14(13)20)8-17-12-3-1-2-11(7-12)15-19-18-9-21-15/h1-7,9,17,20H,8H2. The van der Waals surface area contributed by atoms with Crippen molar-refractivity contribution in [3.63, 3.8) is 0 Å². The molecule has 106 valence electrons. The van der Waals surface area contributed by atoms with Crippen molar-refractivity contribution in [2.45, 2.75) is 6.54 Å². The number of aromatic hydroxyl groups is 1. The van der Waals surface area contributed by atoms with Gasteiger partial charge in [0.05, 0.1) is 4.47 Å². The van der Waals surface area contributed by atoms with Gasteiger partial charge in [0.15, 0.2) is 0 Å². The van der Waals surface area contributed by atoms with Crippen LogP contribution in [-0.2, 0) is 6.54 Å². The van der Waals surface area contributed by atoms with Crippen LogP contribution in [0.15, 0.2) is 57.7 Å². The molecule has 0 saturated heterocycles. The van der Waals surface area contributed by atoms with Crippen LogP contribution in [0.2, 0.25) is 0 Å². The third-order valence-corrected chi connectivity index (χ3v) is 3.61. The van der Waals surface area contributed by atoms with Crippen molar-refractivity contribution in [3.8, 4) is 17.2 Å². The minimum Gasteiger partial charge on any atom is -0.507 e. The number of phenols is 1. The Hall–Kier alpha value is -2.34. The number of phenolic OH excluding ortho intramolecular Hbond substituents is 1. The summed E-state index contributed by atoms with van der Waals surface area (Å²) in [4.78, 5) is 0. The average molecular weight is 346 g/mol. The van der Waals surface area contributed by atoms with Gasteiger partial charge in [0.1, 0.15) is 5.75 Å². The number of hydrogen-bond acceptors (Lipinski definition) is 5. The summed E-state index contributed by atoms with van der Waals surface area (Å²) < 4.78 is 5.86. The molecule has 0 aliphatic rings. The Bertz CT molecular complexity index is 744. The molecule has 0 fully saturated rings. The van der Waals surface area contributed by atoms with Crippen LogP contribution in [0, 0.1) is 0 Å². The molecule has 0 spiro atoms. The van der Waals surface area contributed by atoms with Crippen LogP contribution in [0.5, 0.6) is 5.75 Å². The van der Waals surface area contributed by atoms with Crippen LogP contribution in [-0.4, -0.2) is 15.3 Å². The summed E-state index contributed by atoms with van der Waals surface area (Å²) in [6.07, 6.45) is 1.31. The number of halogens is 1. The van der Waals surface area contributed by atoms with Crippen LogP contribution in [0.4, 0.5) is 5.69 Å². The Morgan fingerprint density at radius 3 is 2.86 bits per heavy atom. The fraction of sp³-hybridized carbons (Fsp3) is 0.0667. The summed E-state index contributed by atoms with van der Waals surface area (Å²) >= 11 is 3.30. The molecule has 3 aromatic rings. The second-order valence-electron chi connectivity index (χ2n) is 4.46. The lowest BCUT2D eigenvalue weighted by molar-refractivity contribution is 0.471. The van der Waals surface area contributed by atoms with E-state index in [1.54, 1.807) is 6.07 Å². The quantitative estimate of drug-likeness (QED) is 0.752. The summed E-state index contributed by atoms with van der Waals surface area (Å²) in [6, 6.07) is 13.2. The molecule has 0 atom stereocenters. The number of hydrogen-bond donors (Lipinski definition) is 2. The van der Waals surface area contributed by atoms with Crippen molar-refractivity contribution < 1.29 is 9.52 Å². The van der Waals surface area contributed by atoms with Gasteiger partial charge >= 0.3 is 0 Å². The topological polar surface area (TPSA) is 71.2 Å². The molecule has 1 aromatic heterocycles. The SMILES string of the molecule is Oc1ccc(CNc2cccc(-c3nnco3)c2)cc1Br. The third kappa shape index (κ3) is 3.22. The second-order valence-corrected chi connectivity index (χ2v) is 5.32. The molecule has 0 radical (unpaired) electrons. The Labute approximate surface area is 129 Å². The lowest BCUT2D eigenvalue weighted by Crippen LogP contribution is -1.99. The van der Waals surface area contributed by atoms with E-state index in [1.807, 2.05) is 36.4 Å². The number of nitrogens with one attached hydrogen (secondary N) is 1. The van der Waals surface area contributed by atoms with E-state index in [0.717, 1.165) is 16.8 Å². The maximum atomic E-state index is 9.48. The minimum atomic E-state index is 0.233. The Morgan fingerprint density at radius 1 is 1.19 bits per heavy atom. The van der Waals surface area contributed by atoms with Gasteiger partial charge in [-0.05, 0) is 51.8 Å². The summed E-state index contributed by atoms with van der Waals surface area (Å²) in [7, 11) is 0. The number of anilines is 1. The molecule has 6 heteroatoms. The largest absolute Gasteiger partial charge is 0.507 e. The molecule has 2 N–H and O–H groups in total. The van der Waals surface area contributed by atoms with Crippen molar-refractivity contribution in [1.29, 1.82) is 0 Å². The van der Waals surface area contributed by atoms with E-state index in [1.165, 1.54) is 6.39 Å². The van der Waals surface area contributed by atoms with Gasteiger partial charge in [-0.1, -0.05) is 12.1 Å². The molecule has 21 heavy (non-hydrogen) atoms. The van der Waals surface area contributed by atoms with Crippen LogP contribution in [0.25, 0.3) is 11.5 Å². The van der Waals surface area contributed by atoms with Crippen molar-refractivity contribution in [1.82, 2.24) is 10.2 Å². The molecule has 5 nitrogen and oxygen atoms in total. The van der Waals surface area contributed by atoms with Gasteiger partial charge in [-0.15, -0.1) is 10.2 Å². The second kappa shape index (κ2) is 5.97. The predicted octanol–water partition coefficient (Wildman–Crippen LogP) is 3.82. The Kier molecular flexibility index (Phi) is 3.87. The van der Waals surface area contributed by atoms with E-state index < -0.39 is 0 Å². The number of aromatic nitrogens is 2. The highest BCUT2D eigenvalue weighted by atomic mass is 79.9. The Balaban J connectivity index is 1.73. The van der Waals surface area contributed by atoms with E-state index >= 15 is 0 Å². The molecule has 0 amide bonds. The zero-order chi connectivity index (χ0) is 14.7. The molecular weight excluding hydrogens is 334 g/mol. The fourth-order valence-corrected chi connectivity index (χ4v) is 2.35. The predicted molar refractivity (Wildman–Crippen MR) is 82.9 cm³/mol. The van der Waals surface area contributed by atoms with Gasteiger partial charge in [0.2, 0.25) is 12.3 Å². The van der Waals surface area contributed by atoms with Gasteiger partial charge in [-0.2, -0.15) is 0 Å². The van der Waals surface area contributed by atoms with Crippen molar-refractivity contribution >= 4 is 21.6 Å². The molecule has 0 bridgehead atoms. The molecule has 2 aromatic carbocycles. The lowest BCUT2D eigenvalue weighted by atomic mass is 10.2. The first-order valence-corrected chi connectivity index (χ1v) is 7.09. The summed E-state index contributed by atoms with van der Waals surface area (Å²) in [5.74, 6) is 0.725. The van der Waals surface area contributed by atoms with E-state index in [4.69, 9.17) is 4.42 Å². The number of rotatable bonds is 4. The maximum absolute atomic E-state index is 9.48. The Morgan fingerprint density at radius 2 is 2.10 bits per heavy atom. The van der Waals surface area contributed by atoms with Crippen molar-refractivity contribution in [3.05, 3.63) is 58.9 Å². The number of nitrogens with zero attached hydrogens (tertiary/aromatic N) is 2. The van der Waals surface area contributed by atoms with Crippen molar-refractivity contribution in [2.75, 3.05) is 5.32 Å². The van der Waals surface area contributed by atoms with Gasteiger partial charge in [0, 0.05) is 17.8 Å². The van der Waals surface area contributed by atoms with Gasteiger partial charge in [-0.25, -0.2) is 0 Å². The molecule has 0 aliphatic carbocycles. The van der Waals surface area contributed by atoms with E-state index in [9.17, 15) is 5.11 Å². The molecule has 1 heterocycles. The van der Waals surface area contributed by atoms with Crippen LogP contribution in [0.3, 0.4) is 0 Å². The first-order valence-electron chi connectivity index (χ1n) is 6.30. The molecular formula is C15H12BrN3O2.